The van der Waals surface area contributed by atoms with Crippen LogP contribution in [-0.4, -0.2) is 20.9 Å². The molecular formula is C17H19BrN2O3S. The first-order chi connectivity index (χ1) is 11.4. The molecule has 0 radical (unpaired) electrons. The molecule has 2 rings (SSSR count). The first-order valence-corrected chi connectivity index (χ1v) is 9.82. The van der Waals surface area contributed by atoms with Crippen molar-refractivity contribution in [3.05, 3.63) is 58.6 Å². The standard InChI is InChI=1S/C17H19BrN2O3S/c1-2-13-5-3-7-15(11-13)20-17(21)9-10-19-24(22,23)16-8-4-6-14(18)12-16/h3-8,11-12,19H,2,9-10H2,1H3,(H,20,21). The van der Waals surface area contributed by atoms with Gasteiger partial charge in [-0.25, -0.2) is 13.1 Å². The second-order valence-corrected chi connectivity index (χ2v) is 7.89. The van der Waals surface area contributed by atoms with Crippen molar-refractivity contribution in [2.24, 2.45) is 0 Å². The molecule has 0 atom stereocenters. The summed E-state index contributed by atoms with van der Waals surface area (Å²) in [5.41, 5.74) is 1.84. The molecule has 0 aliphatic carbocycles. The Kier molecular flexibility index (Phi) is 6.53. The lowest BCUT2D eigenvalue weighted by molar-refractivity contribution is -0.116. The Balaban J connectivity index is 1.88. The smallest absolute Gasteiger partial charge is 0.240 e. The van der Waals surface area contributed by atoms with Crippen LogP contribution in [0, 0.1) is 0 Å². The predicted octanol–water partition coefficient (Wildman–Crippen LogP) is 3.32. The summed E-state index contributed by atoms with van der Waals surface area (Å²) in [4.78, 5) is 12.1. The molecule has 1 amide bonds. The SMILES string of the molecule is CCc1cccc(NC(=O)CCNS(=O)(=O)c2cccc(Br)c2)c1. The van der Waals surface area contributed by atoms with Gasteiger partial charge < -0.3 is 5.32 Å². The van der Waals surface area contributed by atoms with Gasteiger partial charge in [-0.2, -0.15) is 0 Å². The number of nitrogens with one attached hydrogen (secondary N) is 2. The maximum atomic E-state index is 12.1. The minimum Gasteiger partial charge on any atom is -0.326 e. The zero-order chi connectivity index (χ0) is 17.6. The van der Waals surface area contributed by atoms with Gasteiger partial charge in [0.05, 0.1) is 4.90 Å². The van der Waals surface area contributed by atoms with Gasteiger partial charge in [0.15, 0.2) is 0 Å². The van der Waals surface area contributed by atoms with Crippen LogP contribution < -0.4 is 10.0 Å². The molecule has 0 aliphatic heterocycles. The number of sulfonamides is 1. The highest BCUT2D eigenvalue weighted by Gasteiger charge is 2.14. The van der Waals surface area contributed by atoms with Crippen molar-refractivity contribution in [2.45, 2.75) is 24.7 Å². The molecule has 5 nitrogen and oxygen atoms in total. The van der Waals surface area contributed by atoms with Crippen LogP contribution in [0.3, 0.4) is 0 Å². The molecule has 2 aromatic carbocycles. The predicted molar refractivity (Wildman–Crippen MR) is 98.4 cm³/mol. The first-order valence-electron chi connectivity index (χ1n) is 7.55. The highest BCUT2D eigenvalue weighted by atomic mass is 79.9. The lowest BCUT2D eigenvalue weighted by atomic mass is 10.1. The van der Waals surface area contributed by atoms with Gasteiger partial charge in [-0.05, 0) is 42.3 Å². The molecular weight excluding hydrogens is 392 g/mol. The van der Waals surface area contributed by atoms with Gasteiger partial charge >= 0.3 is 0 Å². The molecule has 2 aromatic rings. The molecule has 0 saturated heterocycles. The Morgan fingerprint density at radius 1 is 1.12 bits per heavy atom. The molecule has 0 fully saturated rings. The lowest BCUT2D eigenvalue weighted by Crippen LogP contribution is -2.27. The summed E-state index contributed by atoms with van der Waals surface area (Å²) in [5, 5.41) is 2.77. The van der Waals surface area contributed by atoms with E-state index in [1.165, 1.54) is 12.1 Å². The van der Waals surface area contributed by atoms with Crippen molar-refractivity contribution in [1.29, 1.82) is 0 Å². The number of aryl methyl sites for hydroxylation is 1. The van der Waals surface area contributed by atoms with Crippen LogP contribution in [0.1, 0.15) is 18.9 Å². The lowest BCUT2D eigenvalue weighted by Gasteiger charge is -2.08. The fourth-order valence-electron chi connectivity index (χ4n) is 2.11. The summed E-state index contributed by atoms with van der Waals surface area (Å²) in [6, 6.07) is 14.0. The normalized spacial score (nSPS) is 11.2. The first kappa shape index (κ1) is 18.6. The Hall–Kier alpha value is -1.70. The topological polar surface area (TPSA) is 75.3 Å². The van der Waals surface area contributed by atoms with Gasteiger partial charge in [0, 0.05) is 23.1 Å². The Bertz CT molecular complexity index is 822. The van der Waals surface area contributed by atoms with Gasteiger partial charge in [-0.1, -0.05) is 41.1 Å². The van der Waals surface area contributed by atoms with E-state index in [2.05, 4.69) is 26.0 Å². The van der Waals surface area contributed by atoms with E-state index in [0.29, 0.717) is 10.2 Å². The number of rotatable bonds is 7. The number of amides is 1. The molecule has 128 valence electrons. The van der Waals surface area contributed by atoms with E-state index in [1.54, 1.807) is 12.1 Å². The number of hydrogen-bond acceptors (Lipinski definition) is 3. The number of carbonyl (C=O) groups is 1. The molecule has 0 aliphatic rings. The Labute approximate surface area is 150 Å². The fraction of sp³-hybridized carbons (Fsp3) is 0.235. The number of hydrogen-bond donors (Lipinski definition) is 2. The molecule has 0 heterocycles. The number of benzene rings is 2. The van der Waals surface area contributed by atoms with Gasteiger partial charge in [0.25, 0.3) is 0 Å². The second-order valence-electron chi connectivity index (χ2n) is 5.21. The van der Waals surface area contributed by atoms with E-state index in [-0.39, 0.29) is 23.8 Å². The Morgan fingerprint density at radius 2 is 1.88 bits per heavy atom. The highest BCUT2D eigenvalue weighted by Crippen LogP contribution is 2.16. The third-order valence-electron chi connectivity index (χ3n) is 3.37. The van der Waals surface area contributed by atoms with Crippen molar-refractivity contribution < 1.29 is 13.2 Å². The summed E-state index contributed by atoms with van der Waals surface area (Å²) in [5.74, 6) is -0.236. The summed E-state index contributed by atoms with van der Waals surface area (Å²) < 4.78 is 27.4. The van der Waals surface area contributed by atoms with E-state index in [9.17, 15) is 13.2 Å². The highest BCUT2D eigenvalue weighted by molar-refractivity contribution is 9.10. The molecule has 0 bridgehead atoms. The molecule has 0 aromatic heterocycles. The third-order valence-corrected chi connectivity index (χ3v) is 5.32. The molecule has 0 spiro atoms. The maximum Gasteiger partial charge on any atom is 0.240 e. The van der Waals surface area contributed by atoms with Crippen LogP contribution in [0.4, 0.5) is 5.69 Å². The average Bonchev–Trinajstić information content (AvgIpc) is 2.55. The van der Waals surface area contributed by atoms with E-state index in [0.717, 1.165) is 12.0 Å². The summed E-state index contributed by atoms with van der Waals surface area (Å²) in [7, 11) is -3.62. The van der Waals surface area contributed by atoms with Crippen molar-refractivity contribution in [3.8, 4) is 0 Å². The minimum absolute atomic E-state index is 0.0359. The van der Waals surface area contributed by atoms with Gasteiger partial charge in [0.1, 0.15) is 0 Å². The second kappa shape index (κ2) is 8.41. The zero-order valence-electron chi connectivity index (χ0n) is 13.3. The summed E-state index contributed by atoms with van der Waals surface area (Å²) in [6.07, 6.45) is 0.944. The monoisotopic (exact) mass is 410 g/mol. The van der Waals surface area contributed by atoms with Gasteiger partial charge in [0.2, 0.25) is 15.9 Å². The maximum absolute atomic E-state index is 12.1. The van der Waals surface area contributed by atoms with Crippen molar-refractivity contribution in [1.82, 2.24) is 4.72 Å². The van der Waals surface area contributed by atoms with Crippen molar-refractivity contribution in [3.63, 3.8) is 0 Å². The molecule has 0 unspecified atom stereocenters. The molecule has 2 N–H and O–H groups in total. The summed E-state index contributed by atoms with van der Waals surface area (Å²) in [6.45, 7) is 2.08. The minimum atomic E-state index is -3.62. The number of carbonyl (C=O) groups excluding carboxylic acids is 1. The van der Waals surface area contributed by atoms with E-state index >= 15 is 0 Å². The van der Waals surface area contributed by atoms with Crippen LogP contribution in [0.15, 0.2) is 57.9 Å². The van der Waals surface area contributed by atoms with E-state index < -0.39 is 10.0 Å². The van der Waals surface area contributed by atoms with Crippen molar-refractivity contribution >= 4 is 37.5 Å². The zero-order valence-corrected chi connectivity index (χ0v) is 15.7. The van der Waals surface area contributed by atoms with Crippen LogP contribution in [0.2, 0.25) is 0 Å². The van der Waals surface area contributed by atoms with Crippen LogP contribution in [0.25, 0.3) is 0 Å². The van der Waals surface area contributed by atoms with Crippen LogP contribution in [0.5, 0.6) is 0 Å². The van der Waals surface area contributed by atoms with Crippen LogP contribution >= 0.6 is 15.9 Å². The largest absolute Gasteiger partial charge is 0.326 e. The molecule has 0 saturated carbocycles. The van der Waals surface area contributed by atoms with E-state index in [1.807, 2.05) is 31.2 Å². The van der Waals surface area contributed by atoms with E-state index in [4.69, 9.17) is 0 Å². The number of halogens is 1. The fourth-order valence-corrected chi connectivity index (χ4v) is 3.74. The van der Waals surface area contributed by atoms with Gasteiger partial charge in [-0.15, -0.1) is 0 Å². The third kappa shape index (κ3) is 5.43. The quantitative estimate of drug-likeness (QED) is 0.734. The average molecular weight is 411 g/mol. The number of anilines is 1. The van der Waals surface area contributed by atoms with Crippen molar-refractivity contribution in [2.75, 3.05) is 11.9 Å². The summed E-state index contributed by atoms with van der Waals surface area (Å²) >= 11 is 3.24. The van der Waals surface area contributed by atoms with Gasteiger partial charge in [-0.3, -0.25) is 4.79 Å². The van der Waals surface area contributed by atoms with Crippen LogP contribution in [-0.2, 0) is 21.2 Å². The molecule has 24 heavy (non-hydrogen) atoms. The Morgan fingerprint density at radius 3 is 2.58 bits per heavy atom. The molecule has 7 heteroatoms.